The number of carbonyl (C=O) groups is 2. The van der Waals surface area contributed by atoms with E-state index in [0.29, 0.717) is 16.8 Å². The molecule has 1 N–H and O–H groups in total. The van der Waals surface area contributed by atoms with Crippen LogP contribution in [0.1, 0.15) is 26.3 Å². The molecule has 0 spiro atoms. The van der Waals surface area contributed by atoms with E-state index < -0.39 is 11.8 Å². The summed E-state index contributed by atoms with van der Waals surface area (Å²) in [6, 6.07) is 19.7. The lowest BCUT2D eigenvalue weighted by Gasteiger charge is -2.08. The molecule has 0 atom stereocenters. The van der Waals surface area contributed by atoms with Gasteiger partial charge >= 0.3 is 5.97 Å². The minimum absolute atomic E-state index is 0.00701. The van der Waals surface area contributed by atoms with Crippen molar-refractivity contribution in [3.05, 3.63) is 95.3 Å². The second-order valence-corrected chi connectivity index (χ2v) is 5.94. The minimum atomic E-state index is -0.646. The Labute approximate surface area is 161 Å². The van der Waals surface area contributed by atoms with Crippen molar-refractivity contribution in [2.24, 2.45) is 0 Å². The molecule has 1 amide bonds. The molecule has 0 radical (unpaired) electrons. The van der Waals surface area contributed by atoms with E-state index in [1.54, 1.807) is 36.4 Å². The first kappa shape index (κ1) is 19.1. The van der Waals surface area contributed by atoms with Crippen molar-refractivity contribution in [3.8, 4) is 5.75 Å². The average Bonchev–Trinajstić information content (AvgIpc) is 2.73. The summed E-state index contributed by atoms with van der Waals surface area (Å²) in [7, 11) is 1.35. The van der Waals surface area contributed by atoms with Crippen LogP contribution in [-0.2, 0) is 11.3 Å². The Bertz CT molecular complexity index is 972. The number of rotatable bonds is 6. The Morgan fingerprint density at radius 2 is 1.61 bits per heavy atom. The van der Waals surface area contributed by atoms with Gasteiger partial charge < -0.3 is 14.8 Å². The summed E-state index contributed by atoms with van der Waals surface area (Å²) in [5, 5.41) is 2.79. The molecule has 28 heavy (non-hydrogen) atoms. The Morgan fingerprint density at radius 1 is 0.929 bits per heavy atom. The number of carbonyl (C=O) groups excluding carboxylic acids is 2. The van der Waals surface area contributed by atoms with Crippen LogP contribution in [0.5, 0.6) is 5.75 Å². The summed E-state index contributed by atoms with van der Waals surface area (Å²) in [5.74, 6) is -1.46. The zero-order valence-corrected chi connectivity index (χ0v) is 15.1. The van der Waals surface area contributed by atoms with Gasteiger partial charge in [-0.15, -0.1) is 0 Å². The fraction of sp³-hybridized carbons (Fsp3) is 0.0909. The maximum Gasteiger partial charge on any atom is 0.338 e. The molecule has 0 saturated carbocycles. The SMILES string of the molecule is COc1ccc(C(=O)OCc2ccc(C(=O)Nc3ccccc3)cc2)cc1F. The highest BCUT2D eigenvalue weighted by Gasteiger charge is 2.12. The van der Waals surface area contributed by atoms with E-state index in [9.17, 15) is 14.0 Å². The summed E-state index contributed by atoms with van der Waals surface area (Å²) < 4.78 is 23.7. The van der Waals surface area contributed by atoms with E-state index in [4.69, 9.17) is 9.47 Å². The van der Waals surface area contributed by atoms with E-state index >= 15 is 0 Å². The lowest BCUT2D eigenvalue weighted by Crippen LogP contribution is -2.12. The maximum absolute atomic E-state index is 13.7. The molecule has 0 aromatic heterocycles. The van der Waals surface area contributed by atoms with Gasteiger partial charge in [0.05, 0.1) is 12.7 Å². The van der Waals surface area contributed by atoms with Gasteiger partial charge in [-0.25, -0.2) is 9.18 Å². The van der Waals surface area contributed by atoms with Crippen molar-refractivity contribution >= 4 is 17.6 Å². The van der Waals surface area contributed by atoms with E-state index in [2.05, 4.69) is 5.32 Å². The van der Waals surface area contributed by atoms with Gasteiger partial charge in [-0.3, -0.25) is 4.79 Å². The number of halogens is 1. The molecule has 0 fully saturated rings. The number of anilines is 1. The normalized spacial score (nSPS) is 10.2. The average molecular weight is 379 g/mol. The topological polar surface area (TPSA) is 64.6 Å². The fourth-order valence-electron chi connectivity index (χ4n) is 2.50. The van der Waals surface area contributed by atoms with Gasteiger partial charge in [0.25, 0.3) is 5.91 Å². The molecule has 3 aromatic carbocycles. The molecular weight excluding hydrogens is 361 g/mol. The molecule has 3 aromatic rings. The molecule has 0 bridgehead atoms. The van der Waals surface area contributed by atoms with E-state index in [-0.39, 0.29) is 23.8 Å². The van der Waals surface area contributed by atoms with Crippen LogP contribution in [-0.4, -0.2) is 19.0 Å². The molecular formula is C22H18FNO4. The van der Waals surface area contributed by atoms with Crippen LogP contribution in [0.15, 0.2) is 72.8 Å². The van der Waals surface area contributed by atoms with Gasteiger partial charge in [-0.05, 0) is 48.0 Å². The number of hydrogen-bond donors (Lipinski definition) is 1. The van der Waals surface area contributed by atoms with Crippen LogP contribution in [0.4, 0.5) is 10.1 Å². The second-order valence-electron chi connectivity index (χ2n) is 5.94. The van der Waals surface area contributed by atoms with Crippen LogP contribution in [0.3, 0.4) is 0 Å². The Kier molecular flexibility index (Phi) is 6.01. The number of benzene rings is 3. The summed E-state index contributed by atoms with van der Waals surface area (Å²) in [5.41, 5.74) is 1.99. The summed E-state index contributed by atoms with van der Waals surface area (Å²) >= 11 is 0. The first-order chi connectivity index (χ1) is 13.6. The van der Waals surface area contributed by atoms with Gasteiger partial charge in [0, 0.05) is 11.3 Å². The summed E-state index contributed by atoms with van der Waals surface area (Å²) in [4.78, 5) is 24.3. The molecule has 0 aliphatic rings. The highest BCUT2D eigenvalue weighted by Crippen LogP contribution is 2.18. The smallest absolute Gasteiger partial charge is 0.338 e. The summed E-state index contributed by atoms with van der Waals surface area (Å²) in [6.45, 7) is 0.00701. The van der Waals surface area contributed by atoms with Gasteiger partial charge in [0.2, 0.25) is 0 Å². The largest absolute Gasteiger partial charge is 0.494 e. The molecule has 0 heterocycles. The highest BCUT2D eigenvalue weighted by atomic mass is 19.1. The number of amides is 1. The molecule has 142 valence electrons. The first-order valence-corrected chi connectivity index (χ1v) is 8.53. The van der Waals surface area contributed by atoms with E-state index in [1.165, 1.54) is 19.2 Å². The predicted octanol–water partition coefficient (Wildman–Crippen LogP) is 4.44. The van der Waals surface area contributed by atoms with Crippen LogP contribution < -0.4 is 10.1 Å². The Balaban J connectivity index is 1.57. The lowest BCUT2D eigenvalue weighted by molar-refractivity contribution is 0.0472. The van der Waals surface area contributed by atoms with Gasteiger partial charge in [-0.2, -0.15) is 0 Å². The number of methoxy groups -OCH3 is 1. The molecule has 0 unspecified atom stereocenters. The van der Waals surface area contributed by atoms with E-state index in [0.717, 1.165) is 6.07 Å². The standard InChI is InChI=1S/C22H18FNO4/c1-27-20-12-11-17(13-19(20)23)22(26)28-14-15-7-9-16(10-8-15)21(25)24-18-5-3-2-4-6-18/h2-13H,14H2,1H3,(H,24,25). The van der Waals surface area contributed by atoms with Crippen LogP contribution in [0, 0.1) is 5.82 Å². The highest BCUT2D eigenvalue weighted by molar-refractivity contribution is 6.04. The monoisotopic (exact) mass is 379 g/mol. The molecule has 6 heteroatoms. The van der Waals surface area contributed by atoms with Gasteiger partial charge in [0.1, 0.15) is 6.61 Å². The third kappa shape index (κ3) is 4.73. The predicted molar refractivity (Wildman–Crippen MR) is 103 cm³/mol. The zero-order chi connectivity index (χ0) is 19.9. The minimum Gasteiger partial charge on any atom is -0.494 e. The Hall–Kier alpha value is -3.67. The van der Waals surface area contributed by atoms with E-state index in [1.807, 2.05) is 18.2 Å². The van der Waals surface area contributed by atoms with Gasteiger partial charge in [-0.1, -0.05) is 30.3 Å². The number of para-hydroxylation sites is 1. The van der Waals surface area contributed by atoms with Crippen molar-refractivity contribution < 1.29 is 23.5 Å². The van der Waals surface area contributed by atoms with Crippen molar-refractivity contribution in [1.82, 2.24) is 0 Å². The van der Waals surface area contributed by atoms with Crippen LogP contribution in [0.25, 0.3) is 0 Å². The number of hydrogen-bond acceptors (Lipinski definition) is 4. The molecule has 0 aliphatic carbocycles. The third-order valence-electron chi connectivity index (χ3n) is 4.01. The molecule has 0 saturated heterocycles. The lowest BCUT2D eigenvalue weighted by atomic mass is 10.1. The van der Waals surface area contributed by atoms with Crippen molar-refractivity contribution in [1.29, 1.82) is 0 Å². The molecule has 5 nitrogen and oxygen atoms in total. The third-order valence-corrected chi connectivity index (χ3v) is 4.01. The quantitative estimate of drug-likeness (QED) is 0.643. The van der Waals surface area contributed by atoms with Crippen LogP contribution >= 0.6 is 0 Å². The molecule has 3 rings (SSSR count). The number of esters is 1. The van der Waals surface area contributed by atoms with Gasteiger partial charge in [0.15, 0.2) is 11.6 Å². The fourth-order valence-corrected chi connectivity index (χ4v) is 2.50. The zero-order valence-electron chi connectivity index (χ0n) is 15.1. The number of nitrogens with one attached hydrogen (secondary N) is 1. The van der Waals surface area contributed by atoms with Crippen molar-refractivity contribution in [2.75, 3.05) is 12.4 Å². The molecule has 0 aliphatic heterocycles. The second kappa shape index (κ2) is 8.81. The first-order valence-electron chi connectivity index (χ1n) is 8.53. The van der Waals surface area contributed by atoms with Crippen LogP contribution in [0.2, 0.25) is 0 Å². The van der Waals surface area contributed by atoms with Crippen molar-refractivity contribution in [3.63, 3.8) is 0 Å². The Morgan fingerprint density at radius 3 is 2.25 bits per heavy atom. The summed E-state index contributed by atoms with van der Waals surface area (Å²) in [6.07, 6.45) is 0. The van der Waals surface area contributed by atoms with Crippen molar-refractivity contribution in [2.45, 2.75) is 6.61 Å². The maximum atomic E-state index is 13.7. The number of ether oxygens (including phenoxy) is 2.